The predicted molar refractivity (Wildman–Crippen MR) is 62.3 cm³/mol. The Morgan fingerprint density at radius 2 is 2.31 bits per heavy atom. The maximum absolute atomic E-state index is 12.8. The monoisotopic (exact) mass is 219 g/mol. The lowest BCUT2D eigenvalue weighted by Gasteiger charge is -2.03. The van der Waals surface area contributed by atoms with E-state index < -0.39 is 0 Å². The van der Waals surface area contributed by atoms with Crippen molar-refractivity contribution < 1.29 is 9.18 Å². The number of rotatable bonds is 4. The highest BCUT2D eigenvalue weighted by Gasteiger charge is 2.01. The number of halogens is 1. The molecule has 0 bridgehead atoms. The van der Waals surface area contributed by atoms with Gasteiger partial charge in [-0.3, -0.25) is 4.79 Å². The molecule has 0 atom stereocenters. The van der Waals surface area contributed by atoms with Crippen molar-refractivity contribution in [2.75, 3.05) is 5.32 Å². The van der Waals surface area contributed by atoms with E-state index in [-0.39, 0.29) is 11.7 Å². The number of carbonyl (C=O) groups is 1. The summed E-state index contributed by atoms with van der Waals surface area (Å²) in [6, 6.07) is 5.86. The Bertz CT molecular complexity index is 417. The summed E-state index contributed by atoms with van der Waals surface area (Å²) in [5.74, 6) is 5.19. The van der Waals surface area contributed by atoms with Gasteiger partial charge in [0.05, 0.1) is 0 Å². The number of anilines is 1. The van der Waals surface area contributed by atoms with Crippen molar-refractivity contribution in [2.24, 2.45) is 0 Å². The van der Waals surface area contributed by atoms with Crippen LogP contribution >= 0.6 is 0 Å². The molecule has 0 aromatic heterocycles. The molecule has 0 spiro atoms. The highest BCUT2D eigenvalue weighted by Crippen LogP contribution is 2.09. The first-order valence-corrected chi connectivity index (χ1v) is 5.17. The van der Waals surface area contributed by atoms with E-state index >= 15 is 0 Å². The molecule has 0 saturated carbocycles. The molecule has 84 valence electrons. The normalized spacial score (nSPS) is 9.12. The zero-order valence-corrected chi connectivity index (χ0v) is 9.22. The number of hydrogen-bond acceptors (Lipinski definition) is 1. The minimum Gasteiger partial charge on any atom is -0.326 e. The second-order valence-corrected chi connectivity index (χ2v) is 3.34. The van der Waals surface area contributed by atoms with E-state index in [1.807, 2.05) is 0 Å². The predicted octanol–water partition coefficient (Wildman–Crippen LogP) is 2.96. The number of hydrogen-bond donors (Lipinski definition) is 1. The average molecular weight is 219 g/mol. The van der Waals surface area contributed by atoms with Gasteiger partial charge in [0.2, 0.25) is 5.91 Å². The second kappa shape index (κ2) is 6.62. The zero-order chi connectivity index (χ0) is 11.8. The van der Waals surface area contributed by atoms with Gasteiger partial charge < -0.3 is 5.32 Å². The maximum Gasteiger partial charge on any atom is 0.224 e. The van der Waals surface area contributed by atoms with Crippen LogP contribution in [0.25, 0.3) is 0 Å². The molecule has 0 unspecified atom stereocenters. The van der Waals surface area contributed by atoms with Gasteiger partial charge in [0, 0.05) is 18.5 Å². The topological polar surface area (TPSA) is 29.1 Å². The van der Waals surface area contributed by atoms with Crippen molar-refractivity contribution in [1.82, 2.24) is 0 Å². The molecule has 3 heteroatoms. The Balaban J connectivity index is 2.36. The first-order valence-electron chi connectivity index (χ1n) is 5.17. The van der Waals surface area contributed by atoms with Crippen molar-refractivity contribution >= 4 is 11.6 Å². The van der Waals surface area contributed by atoms with Gasteiger partial charge >= 0.3 is 0 Å². The van der Waals surface area contributed by atoms with Crippen LogP contribution < -0.4 is 5.32 Å². The van der Waals surface area contributed by atoms with Crippen molar-refractivity contribution in [3.8, 4) is 11.8 Å². The van der Waals surface area contributed by atoms with Gasteiger partial charge in [-0.05, 0) is 31.5 Å². The SMILES string of the molecule is CC#CCCCC(=O)Nc1cccc(F)c1. The molecule has 0 aliphatic carbocycles. The van der Waals surface area contributed by atoms with Gasteiger partial charge in [-0.2, -0.15) is 0 Å². The van der Waals surface area contributed by atoms with Crippen LogP contribution in [-0.4, -0.2) is 5.91 Å². The fourth-order valence-electron chi connectivity index (χ4n) is 1.25. The van der Waals surface area contributed by atoms with E-state index in [9.17, 15) is 9.18 Å². The molecule has 0 heterocycles. The van der Waals surface area contributed by atoms with Crippen LogP contribution in [0.2, 0.25) is 0 Å². The Morgan fingerprint density at radius 3 is 3.00 bits per heavy atom. The minimum atomic E-state index is -0.352. The highest BCUT2D eigenvalue weighted by atomic mass is 19.1. The smallest absolute Gasteiger partial charge is 0.224 e. The molecule has 1 amide bonds. The van der Waals surface area contributed by atoms with Crippen LogP contribution in [0.15, 0.2) is 24.3 Å². The van der Waals surface area contributed by atoms with Crippen LogP contribution in [0, 0.1) is 17.7 Å². The van der Waals surface area contributed by atoms with E-state index in [1.165, 1.54) is 12.1 Å². The summed E-state index contributed by atoms with van der Waals surface area (Å²) in [4.78, 5) is 11.4. The number of benzene rings is 1. The van der Waals surface area contributed by atoms with Gasteiger partial charge in [0.1, 0.15) is 5.82 Å². The second-order valence-electron chi connectivity index (χ2n) is 3.34. The third-order valence-corrected chi connectivity index (χ3v) is 1.99. The van der Waals surface area contributed by atoms with E-state index in [4.69, 9.17) is 0 Å². The van der Waals surface area contributed by atoms with Crippen LogP contribution in [0.3, 0.4) is 0 Å². The van der Waals surface area contributed by atoms with Gasteiger partial charge in [0.25, 0.3) is 0 Å². The van der Waals surface area contributed by atoms with Crippen LogP contribution in [0.1, 0.15) is 26.2 Å². The minimum absolute atomic E-state index is 0.108. The molecular formula is C13H14FNO. The van der Waals surface area contributed by atoms with Gasteiger partial charge in [-0.25, -0.2) is 4.39 Å². The fraction of sp³-hybridized carbons (Fsp3) is 0.308. The molecule has 0 saturated heterocycles. The molecule has 16 heavy (non-hydrogen) atoms. The third-order valence-electron chi connectivity index (χ3n) is 1.99. The first kappa shape index (κ1) is 12.3. The lowest BCUT2D eigenvalue weighted by molar-refractivity contribution is -0.116. The molecule has 2 nitrogen and oxygen atoms in total. The van der Waals surface area contributed by atoms with Crippen molar-refractivity contribution in [2.45, 2.75) is 26.2 Å². The highest BCUT2D eigenvalue weighted by molar-refractivity contribution is 5.90. The number of unbranched alkanes of at least 4 members (excludes halogenated alkanes) is 1. The molecule has 1 rings (SSSR count). The number of nitrogens with one attached hydrogen (secondary N) is 1. The molecule has 1 N–H and O–H groups in total. The van der Waals surface area contributed by atoms with Crippen molar-refractivity contribution in [3.05, 3.63) is 30.1 Å². The summed E-state index contributed by atoms with van der Waals surface area (Å²) in [6.07, 6.45) is 1.85. The van der Waals surface area contributed by atoms with E-state index in [1.54, 1.807) is 19.1 Å². The first-order chi connectivity index (χ1) is 7.72. The van der Waals surface area contributed by atoms with Crippen molar-refractivity contribution in [3.63, 3.8) is 0 Å². The Morgan fingerprint density at radius 1 is 1.50 bits per heavy atom. The number of carbonyl (C=O) groups excluding carboxylic acids is 1. The van der Waals surface area contributed by atoms with Crippen LogP contribution in [-0.2, 0) is 4.79 Å². The third kappa shape index (κ3) is 4.61. The Kier molecular flexibility index (Phi) is 5.07. The van der Waals surface area contributed by atoms with Gasteiger partial charge in [-0.1, -0.05) is 6.07 Å². The molecular weight excluding hydrogens is 205 g/mol. The molecule has 0 radical (unpaired) electrons. The largest absolute Gasteiger partial charge is 0.326 e. The summed E-state index contributed by atoms with van der Waals surface area (Å²) in [6.45, 7) is 1.77. The lowest BCUT2D eigenvalue weighted by atomic mass is 10.2. The van der Waals surface area contributed by atoms with E-state index in [0.29, 0.717) is 18.5 Å². The summed E-state index contributed by atoms with van der Waals surface area (Å²) in [7, 11) is 0. The molecule has 1 aromatic carbocycles. The standard InChI is InChI=1S/C13H14FNO/c1-2-3-4-5-9-13(16)15-12-8-6-7-11(14)10-12/h6-8,10H,4-5,9H2,1H3,(H,15,16). The van der Waals surface area contributed by atoms with Gasteiger partial charge in [0.15, 0.2) is 0 Å². The summed E-state index contributed by atoms with van der Waals surface area (Å²) >= 11 is 0. The fourth-order valence-corrected chi connectivity index (χ4v) is 1.25. The average Bonchev–Trinajstić information content (AvgIpc) is 2.24. The Labute approximate surface area is 94.9 Å². The van der Waals surface area contributed by atoms with E-state index in [0.717, 1.165) is 6.42 Å². The molecule has 0 fully saturated rings. The molecule has 0 aliphatic rings. The zero-order valence-electron chi connectivity index (χ0n) is 9.22. The van der Waals surface area contributed by atoms with Crippen molar-refractivity contribution in [1.29, 1.82) is 0 Å². The van der Waals surface area contributed by atoms with E-state index in [2.05, 4.69) is 17.2 Å². The molecule has 1 aromatic rings. The summed E-state index contributed by atoms with van der Waals surface area (Å²) in [5.41, 5.74) is 0.492. The Hall–Kier alpha value is -1.82. The summed E-state index contributed by atoms with van der Waals surface area (Å²) < 4.78 is 12.8. The quantitative estimate of drug-likeness (QED) is 0.612. The summed E-state index contributed by atoms with van der Waals surface area (Å²) in [5, 5.41) is 2.63. The molecule has 0 aliphatic heterocycles. The van der Waals surface area contributed by atoms with Gasteiger partial charge in [-0.15, -0.1) is 11.8 Å². The lowest BCUT2D eigenvalue weighted by Crippen LogP contribution is -2.10. The number of amides is 1. The van der Waals surface area contributed by atoms with Crippen LogP contribution in [0.5, 0.6) is 0 Å². The maximum atomic E-state index is 12.8. The van der Waals surface area contributed by atoms with Crippen LogP contribution in [0.4, 0.5) is 10.1 Å².